The van der Waals surface area contributed by atoms with Gasteiger partial charge in [-0.1, -0.05) is 6.92 Å². The second kappa shape index (κ2) is 6.58. The van der Waals surface area contributed by atoms with Gasteiger partial charge in [0.25, 0.3) is 5.91 Å². The third-order valence-electron chi connectivity index (χ3n) is 3.59. The van der Waals surface area contributed by atoms with Crippen LogP contribution in [0.5, 0.6) is 0 Å². The Labute approximate surface area is 126 Å². The lowest BCUT2D eigenvalue weighted by molar-refractivity contribution is 0.0709. The maximum absolute atomic E-state index is 12.4. The number of piperazine rings is 1. The molecule has 1 N–H and O–H groups in total. The molecule has 1 heterocycles. The summed E-state index contributed by atoms with van der Waals surface area (Å²) in [5.74, 6) is 0.0954. The first-order valence-corrected chi connectivity index (χ1v) is 8.94. The molecule has 0 saturated carbocycles. The van der Waals surface area contributed by atoms with Crippen LogP contribution in [0.3, 0.4) is 0 Å². The predicted molar refractivity (Wildman–Crippen MR) is 82.2 cm³/mol. The standard InChI is InChI=1S/C15H22N2O3S/c1-3-10-21(19,20)14-6-4-13(5-7-14)15(18)17-9-8-16-12(2)11-17/h4-7,12,16H,3,8-11H2,1-2H3. The Morgan fingerprint density at radius 2 is 2.00 bits per heavy atom. The van der Waals surface area contributed by atoms with E-state index in [1.165, 1.54) is 12.1 Å². The molecule has 0 aromatic heterocycles. The van der Waals surface area contributed by atoms with Crippen molar-refractivity contribution in [3.05, 3.63) is 29.8 Å². The molecule has 5 nitrogen and oxygen atoms in total. The highest BCUT2D eigenvalue weighted by Gasteiger charge is 2.22. The van der Waals surface area contributed by atoms with Gasteiger partial charge in [-0.3, -0.25) is 4.79 Å². The van der Waals surface area contributed by atoms with Crippen LogP contribution >= 0.6 is 0 Å². The van der Waals surface area contributed by atoms with Crippen molar-refractivity contribution >= 4 is 15.7 Å². The van der Waals surface area contributed by atoms with Crippen molar-refractivity contribution < 1.29 is 13.2 Å². The first-order valence-electron chi connectivity index (χ1n) is 7.29. The molecule has 1 atom stereocenters. The Balaban J connectivity index is 2.13. The van der Waals surface area contributed by atoms with Crippen LogP contribution in [0.1, 0.15) is 30.6 Å². The van der Waals surface area contributed by atoms with Crippen LogP contribution in [-0.4, -0.2) is 50.7 Å². The van der Waals surface area contributed by atoms with E-state index >= 15 is 0 Å². The number of hydrogen-bond donors (Lipinski definition) is 1. The summed E-state index contributed by atoms with van der Waals surface area (Å²) >= 11 is 0. The molecule has 0 bridgehead atoms. The summed E-state index contributed by atoms with van der Waals surface area (Å²) in [5, 5.41) is 3.29. The van der Waals surface area contributed by atoms with Gasteiger partial charge in [-0.15, -0.1) is 0 Å². The van der Waals surface area contributed by atoms with Gasteiger partial charge in [0.2, 0.25) is 0 Å². The van der Waals surface area contributed by atoms with E-state index in [1.54, 1.807) is 17.0 Å². The van der Waals surface area contributed by atoms with Gasteiger partial charge in [0, 0.05) is 31.2 Å². The maximum atomic E-state index is 12.4. The maximum Gasteiger partial charge on any atom is 0.253 e. The average Bonchev–Trinajstić information content (AvgIpc) is 2.46. The minimum absolute atomic E-state index is 0.0391. The van der Waals surface area contributed by atoms with Crippen molar-refractivity contribution in [1.29, 1.82) is 0 Å². The molecule has 2 rings (SSSR count). The number of benzene rings is 1. The van der Waals surface area contributed by atoms with Gasteiger partial charge in [-0.05, 0) is 37.6 Å². The number of rotatable bonds is 4. The second-order valence-electron chi connectivity index (χ2n) is 5.45. The fourth-order valence-electron chi connectivity index (χ4n) is 2.49. The zero-order chi connectivity index (χ0) is 15.5. The summed E-state index contributed by atoms with van der Waals surface area (Å²) in [6.45, 7) is 6.02. The Morgan fingerprint density at radius 1 is 1.33 bits per heavy atom. The van der Waals surface area contributed by atoms with Crippen molar-refractivity contribution in [1.82, 2.24) is 10.2 Å². The van der Waals surface area contributed by atoms with E-state index in [0.717, 1.165) is 6.54 Å². The van der Waals surface area contributed by atoms with Crippen LogP contribution in [0.4, 0.5) is 0 Å². The highest BCUT2D eigenvalue weighted by atomic mass is 32.2. The molecule has 0 radical (unpaired) electrons. The average molecular weight is 310 g/mol. The van der Waals surface area contributed by atoms with Crippen LogP contribution in [-0.2, 0) is 9.84 Å². The summed E-state index contributed by atoms with van der Waals surface area (Å²) in [6.07, 6.45) is 0.585. The molecule has 0 spiro atoms. The summed E-state index contributed by atoms with van der Waals surface area (Å²) in [6, 6.07) is 6.56. The van der Waals surface area contributed by atoms with E-state index in [-0.39, 0.29) is 22.6 Å². The van der Waals surface area contributed by atoms with Crippen molar-refractivity contribution in [3.63, 3.8) is 0 Å². The number of amides is 1. The molecular formula is C15H22N2O3S. The van der Waals surface area contributed by atoms with Crippen molar-refractivity contribution in [2.24, 2.45) is 0 Å². The first kappa shape index (κ1) is 16.0. The molecule has 1 aromatic rings. The van der Waals surface area contributed by atoms with Crippen LogP contribution in [0.2, 0.25) is 0 Å². The van der Waals surface area contributed by atoms with Gasteiger partial charge in [-0.2, -0.15) is 0 Å². The Kier molecular flexibility index (Phi) is 5.00. The van der Waals surface area contributed by atoms with Crippen LogP contribution in [0.25, 0.3) is 0 Å². The van der Waals surface area contributed by atoms with Crippen molar-refractivity contribution in [2.75, 3.05) is 25.4 Å². The third kappa shape index (κ3) is 3.83. The molecule has 1 unspecified atom stereocenters. The van der Waals surface area contributed by atoms with Gasteiger partial charge < -0.3 is 10.2 Å². The number of hydrogen-bond acceptors (Lipinski definition) is 4. The van der Waals surface area contributed by atoms with Gasteiger partial charge >= 0.3 is 0 Å². The van der Waals surface area contributed by atoms with Crippen LogP contribution in [0, 0.1) is 0 Å². The van der Waals surface area contributed by atoms with E-state index < -0.39 is 9.84 Å². The fraction of sp³-hybridized carbons (Fsp3) is 0.533. The number of sulfone groups is 1. The van der Waals surface area contributed by atoms with Crippen molar-refractivity contribution in [3.8, 4) is 0 Å². The zero-order valence-corrected chi connectivity index (χ0v) is 13.3. The van der Waals surface area contributed by atoms with Crippen LogP contribution < -0.4 is 5.32 Å². The highest BCUT2D eigenvalue weighted by molar-refractivity contribution is 7.91. The molecule has 1 amide bonds. The van der Waals surface area contributed by atoms with E-state index in [9.17, 15) is 13.2 Å². The summed E-state index contributed by atoms with van der Waals surface area (Å²) in [4.78, 5) is 14.5. The van der Waals surface area contributed by atoms with Crippen molar-refractivity contribution in [2.45, 2.75) is 31.2 Å². The minimum atomic E-state index is -3.22. The van der Waals surface area contributed by atoms with Gasteiger partial charge in [0.05, 0.1) is 10.6 Å². The number of carbonyl (C=O) groups is 1. The lowest BCUT2D eigenvalue weighted by Crippen LogP contribution is -2.51. The molecule has 1 aromatic carbocycles. The fourth-order valence-corrected chi connectivity index (χ4v) is 3.81. The van der Waals surface area contributed by atoms with Crippen LogP contribution in [0.15, 0.2) is 29.2 Å². The molecule has 6 heteroatoms. The predicted octanol–water partition coefficient (Wildman–Crippen LogP) is 1.30. The second-order valence-corrected chi connectivity index (χ2v) is 7.56. The smallest absolute Gasteiger partial charge is 0.253 e. The van der Waals surface area contributed by atoms with E-state index in [4.69, 9.17) is 0 Å². The Bertz CT molecular complexity index is 596. The topological polar surface area (TPSA) is 66.5 Å². The third-order valence-corrected chi connectivity index (χ3v) is 5.53. The van der Waals surface area contributed by atoms with E-state index in [1.807, 2.05) is 13.8 Å². The first-order chi connectivity index (χ1) is 9.94. The highest BCUT2D eigenvalue weighted by Crippen LogP contribution is 2.15. The SMILES string of the molecule is CCCS(=O)(=O)c1ccc(C(=O)N2CCNC(C)C2)cc1. The van der Waals surface area contributed by atoms with E-state index in [2.05, 4.69) is 5.32 Å². The molecule has 0 aliphatic carbocycles. The number of carbonyl (C=O) groups excluding carboxylic acids is 1. The largest absolute Gasteiger partial charge is 0.336 e. The lowest BCUT2D eigenvalue weighted by atomic mass is 10.1. The molecular weight excluding hydrogens is 288 g/mol. The lowest BCUT2D eigenvalue weighted by Gasteiger charge is -2.32. The molecule has 1 aliphatic heterocycles. The van der Waals surface area contributed by atoms with Gasteiger partial charge in [-0.25, -0.2) is 8.42 Å². The zero-order valence-electron chi connectivity index (χ0n) is 12.5. The van der Waals surface area contributed by atoms with E-state index in [0.29, 0.717) is 25.1 Å². The number of nitrogens with zero attached hydrogens (tertiary/aromatic N) is 1. The number of nitrogens with one attached hydrogen (secondary N) is 1. The molecule has 116 valence electrons. The molecule has 1 aliphatic rings. The summed E-state index contributed by atoms with van der Waals surface area (Å²) in [5.41, 5.74) is 0.541. The summed E-state index contributed by atoms with van der Waals surface area (Å²) < 4.78 is 23.9. The minimum Gasteiger partial charge on any atom is -0.336 e. The molecule has 1 saturated heterocycles. The Morgan fingerprint density at radius 3 is 2.57 bits per heavy atom. The monoisotopic (exact) mass is 310 g/mol. The molecule has 21 heavy (non-hydrogen) atoms. The Hall–Kier alpha value is -1.40. The van der Waals surface area contributed by atoms with Gasteiger partial charge in [0.1, 0.15) is 0 Å². The quantitative estimate of drug-likeness (QED) is 0.910. The van der Waals surface area contributed by atoms with Gasteiger partial charge in [0.15, 0.2) is 9.84 Å². The molecule has 1 fully saturated rings. The summed E-state index contributed by atoms with van der Waals surface area (Å²) in [7, 11) is -3.22. The normalized spacial score (nSPS) is 19.5.